The van der Waals surface area contributed by atoms with Crippen LogP contribution in [0.15, 0.2) is 48.5 Å². The van der Waals surface area contributed by atoms with E-state index in [1.54, 1.807) is 24.3 Å². The van der Waals surface area contributed by atoms with Crippen molar-refractivity contribution in [3.63, 3.8) is 0 Å². The number of benzene rings is 2. The van der Waals surface area contributed by atoms with Crippen LogP contribution in [0.3, 0.4) is 0 Å². The van der Waals surface area contributed by atoms with E-state index in [2.05, 4.69) is 0 Å². The van der Waals surface area contributed by atoms with Gasteiger partial charge in [0, 0.05) is 5.92 Å². The Kier molecular flexibility index (Phi) is 3.49. The molecule has 0 aliphatic heterocycles. The van der Waals surface area contributed by atoms with Crippen LogP contribution in [0.25, 0.3) is 0 Å². The summed E-state index contributed by atoms with van der Waals surface area (Å²) < 4.78 is 25.6. The predicted octanol–water partition coefficient (Wildman–Crippen LogP) is 3.09. The lowest BCUT2D eigenvalue weighted by Crippen LogP contribution is -2.06. The predicted molar refractivity (Wildman–Crippen MR) is 61.7 cm³/mol. The average Bonchev–Trinajstić information content (AvgIpc) is 2.35. The second-order valence-electron chi connectivity index (χ2n) is 3.84. The number of hydrogen-bond donors (Lipinski definition) is 1. The van der Waals surface area contributed by atoms with Gasteiger partial charge in [-0.05, 0) is 35.4 Å². The van der Waals surface area contributed by atoms with Gasteiger partial charge in [-0.25, -0.2) is 8.78 Å². The van der Waals surface area contributed by atoms with E-state index >= 15 is 0 Å². The summed E-state index contributed by atoms with van der Waals surface area (Å²) in [7, 11) is 0. The highest BCUT2D eigenvalue weighted by molar-refractivity contribution is 5.32. The molecular weight excluding hydrogens is 222 g/mol. The van der Waals surface area contributed by atoms with Crippen LogP contribution in [0, 0.1) is 11.6 Å². The first-order valence-corrected chi connectivity index (χ1v) is 5.32. The molecule has 0 aliphatic carbocycles. The molecule has 0 atom stereocenters. The molecule has 0 saturated carbocycles. The molecule has 0 radical (unpaired) electrons. The number of aliphatic hydroxyl groups is 1. The first-order valence-electron chi connectivity index (χ1n) is 5.32. The fourth-order valence-corrected chi connectivity index (χ4v) is 1.79. The van der Waals surface area contributed by atoms with Gasteiger partial charge in [0.2, 0.25) is 0 Å². The molecular formula is C14H12F2O. The Hall–Kier alpha value is -1.74. The second-order valence-corrected chi connectivity index (χ2v) is 3.84. The van der Waals surface area contributed by atoms with E-state index in [0.717, 1.165) is 11.1 Å². The number of halogens is 2. The number of hydrogen-bond acceptors (Lipinski definition) is 1. The molecule has 1 nitrogen and oxygen atoms in total. The third kappa shape index (κ3) is 2.68. The van der Waals surface area contributed by atoms with Gasteiger partial charge in [0.15, 0.2) is 0 Å². The van der Waals surface area contributed by atoms with Crippen molar-refractivity contribution in [2.45, 2.75) is 5.92 Å². The Bertz CT molecular complexity index is 431. The zero-order chi connectivity index (χ0) is 12.3. The molecule has 0 fully saturated rings. The van der Waals surface area contributed by atoms with Crippen LogP contribution in [0.5, 0.6) is 0 Å². The zero-order valence-electron chi connectivity index (χ0n) is 9.11. The second kappa shape index (κ2) is 5.06. The summed E-state index contributed by atoms with van der Waals surface area (Å²) in [5, 5.41) is 9.38. The highest BCUT2D eigenvalue weighted by Crippen LogP contribution is 2.24. The summed E-state index contributed by atoms with van der Waals surface area (Å²) in [5.74, 6) is -0.884. The molecule has 2 rings (SSSR count). The molecule has 0 unspecified atom stereocenters. The maximum absolute atomic E-state index is 12.8. The fraction of sp³-hybridized carbons (Fsp3) is 0.143. The van der Waals surface area contributed by atoms with Crippen LogP contribution < -0.4 is 0 Å². The molecule has 0 amide bonds. The van der Waals surface area contributed by atoms with E-state index in [9.17, 15) is 13.9 Å². The third-order valence-electron chi connectivity index (χ3n) is 2.73. The largest absolute Gasteiger partial charge is 0.395 e. The minimum Gasteiger partial charge on any atom is -0.395 e. The number of rotatable bonds is 3. The first-order chi connectivity index (χ1) is 8.20. The lowest BCUT2D eigenvalue weighted by molar-refractivity contribution is 0.280. The van der Waals surface area contributed by atoms with Crippen molar-refractivity contribution in [3.8, 4) is 0 Å². The lowest BCUT2D eigenvalue weighted by Gasteiger charge is -2.15. The van der Waals surface area contributed by atoms with E-state index in [1.165, 1.54) is 24.3 Å². The Morgan fingerprint density at radius 1 is 0.765 bits per heavy atom. The summed E-state index contributed by atoms with van der Waals surface area (Å²) in [6, 6.07) is 11.9. The van der Waals surface area contributed by atoms with Crippen LogP contribution in [0.4, 0.5) is 8.78 Å². The Morgan fingerprint density at radius 3 is 1.41 bits per heavy atom. The molecule has 3 heteroatoms. The summed E-state index contributed by atoms with van der Waals surface area (Å²) in [6.45, 7) is -0.0999. The van der Waals surface area contributed by atoms with Crippen molar-refractivity contribution < 1.29 is 13.9 Å². The molecule has 1 N–H and O–H groups in total. The van der Waals surface area contributed by atoms with E-state index in [-0.39, 0.29) is 24.2 Å². The van der Waals surface area contributed by atoms with Crippen LogP contribution in [0.1, 0.15) is 17.0 Å². The van der Waals surface area contributed by atoms with Gasteiger partial charge < -0.3 is 5.11 Å². The van der Waals surface area contributed by atoms with Gasteiger partial charge in [-0.1, -0.05) is 24.3 Å². The van der Waals surface area contributed by atoms with Crippen LogP contribution >= 0.6 is 0 Å². The standard InChI is InChI=1S/C14H12F2O/c15-12-5-1-10(2-6-12)14(9-17)11-3-7-13(16)8-4-11/h1-8,14,17H,9H2. The van der Waals surface area contributed by atoms with E-state index in [1.807, 2.05) is 0 Å². The van der Waals surface area contributed by atoms with Crippen LogP contribution in [-0.4, -0.2) is 11.7 Å². The maximum Gasteiger partial charge on any atom is 0.123 e. The van der Waals surface area contributed by atoms with Gasteiger partial charge in [-0.15, -0.1) is 0 Å². The van der Waals surface area contributed by atoms with Gasteiger partial charge in [0.05, 0.1) is 6.61 Å². The summed E-state index contributed by atoms with van der Waals surface area (Å²) in [5.41, 5.74) is 1.61. The molecule has 0 spiro atoms. The van der Waals surface area contributed by atoms with Gasteiger partial charge >= 0.3 is 0 Å². The Balaban J connectivity index is 2.33. The van der Waals surface area contributed by atoms with E-state index in [0.29, 0.717) is 0 Å². The molecule has 17 heavy (non-hydrogen) atoms. The molecule has 2 aromatic rings. The maximum atomic E-state index is 12.8. The molecule has 0 saturated heterocycles. The van der Waals surface area contributed by atoms with Crippen molar-refractivity contribution >= 4 is 0 Å². The van der Waals surface area contributed by atoms with E-state index < -0.39 is 0 Å². The Labute approximate surface area is 98.3 Å². The molecule has 0 heterocycles. The van der Waals surface area contributed by atoms with Crippen molar-refractivity contribution in [1.82, 2.24) is 0 Å². The topological polar surface area (TPSA) is 20.2 Å². The van der Waals surface area contributed by atoms with Crippen molar-refractivity contribution in [2.24, 2.45) is 0 Å². The minimum absolute atomic E-state index is 0.0999. The zero-order valence-corrected chi connectivity index (χ0v) is 9.11. The number of aliphatic hydroxyl groups excluding tert-OH is 1. The van der Waals surface area contributed by atoms with Crippen LogP contribution in [0.2, 0.25) is 0 Å². The van der Waals surface area contributed by atoms with Crippen LogP contribution in [-0.2, 0) is 0 Å². The molecule has 0 aromatic heterocycles. The highest BCUT2D eigenvalue weighted by atomic mass is 19.1. The van der Waals surface area contributed by atoms with E-state index in [4.69, 9.17) is 0 Å². The Morgan fingerprint density at radius 2 is 1.12 bits per heavy atom. The quantitative estimate of drug-likeness (QED) is 0.865. The van der Waals surface area contributed by atoms with Crippen molar-refractivity contribution in [1.29, 1.82) is 0 Å². The molecule has 0 bridgehead atoms. The first kappa shape index (κ1) is 11.7. The van der Waals surface area contributed by atoms with Gasteiger partial charge in [0.1, 0.15) is 11.6 Å². The molecule has 0 aliphatic rings. The minimum atomic E-state index is -0.315. The SMILES string of the molecule is OCC(c1ccc(F)cc1)c1ccc(F)cc1. The fourth-order valence-electron chi connectivity index (χ4n) is 1.79. The van der Waals surface area contributed by atoms with Crippen molar-refractivity contribution in [3.05, 3.63) is 71.3 Å². The normalized spacial score (nSPS) is 10.8. The van der Waals surface area contributed by atoms with Crippen molar-refractivity contribution in [2.75, 3.05) is 6.61 Å². The molecule has 2 aromatic carbocycles. The summed E-state index contributed by atoms with van der Waals surface area (Å²) in [4.78, 5) is 0. The summed E-state index contributed by atoms with van der Waals surface area (Å²) in [6.07, 6.45) is 0. The average molecular weight is 234 g/mol. The third-order valence-corrected chi connectivity index (χ3v) is 2.73. The van der Waals surface area contributed by atoms with Gasteiger partial charge in [-0.3, -0.25) is 0 Å². The van der Waals surface area contributed by atoms with Gasteiger partial charge in [0.25, 0.3) is 0 Å². The summed E-state index contributed by atoms with van der Waals surface area (Å²) >= 11 is 0. The smallest absolute Gasteiger partial charge is 0.123 e. The highest BCUT2D eigenvalue weighted by Gasteiger charge is 2.13. The van der Waals surface area contributed by atoms with Gasteiger partial charge in [-0.2, -0.15) is 0 Å². The molecule has 88 valence electrons. The monoisotopic (exact) mass is 234 g/mol. The lowest BCUT2D eigenvalue weighted by atomic mass is 9.92.